The van der Waals surface area contributed by atoms with Gasteiger partial charge in [-0.15, -0.1) is 0 Å². The minimum atomic E-state index is -0.319. The van der Waals surface area contributed by atoms with E-state index >= 15 is 0 Å². The molecule has 1 amide bonds. The van der Waals surface area contributed by atoms with E-state index in [-0.39, 0.29) is 11.5 Å². The van der Waals surface area contributed by atoms with Crippen molar-refractivity contribution in [1.29, 1.82) is 0 Å². The lowest BCUT2D eigenvalue weighted by molar-refractivity contribution is -0.138. The van der Waals surface area contributed by atoms with Crippen molar-refractivity contribution in [2.45, 2.75) is 63.3 Å². The fourth-order valence-electron chi connectivity index (χ4n) is 4.36. The first kappa shape index (κ1) is 16.5. The van der Waals surface area contributed by atoms with E-state index in [9.17, 15) is 4.79 Å². The summed E-state index contributed by atoms with van der Waals surface area (Å²) in [6.07, 6.45) is 7.59. The summed E-state index contributed by atoms with van der Waals surface area (Å²) in [7, 11) is 0. The molecule has 1 aromatic carbocycles. The smallest absolute Gasteiger partial charge is 0.227 e. The topological polar surface area (TPSA) is 46.3 Å². The van der Waals surface area contributed by atoms with Gasteiger partial charge in [0.2, 0.25) is 5.91 Å². The summed E-state index contributed by atoms with van der Waals surface area (Å²) < 4.78 is 0. The van der Waals surface area contributed by atoms with E-state index in [1.54, 1.807) is 0 Å². The van der Waals surface area contributed by atoms with Gasteiger partial charge < -0.3 is 10.6 Å². The first-order valence-corrected chi connectivity index (χ1v) is 9.20. The van der Waals surface area contributed by atoms with Crippen LogP contribution < -0.4 is 5.73 Å². The maximum absolute atomic E-state index is 13.0. The fraction of sp³-hybridized carbons (Fsp3) is 0.650. The molecule has 0 aromatic heterocycles. The molecule has 3 rings (SSSR count). The molecule has 23 heavy (non-hydrogen) atoms. The number of nitrogens with two attached hydrogens (primary N) is 1. The monoisotopic (exact) mass is 314 g/mol. The van der Waals surface area contributed by atoms with Gasteiger partial charge in [-0.25, -0.2) is 0 Å². The molecule has 3 unspecified atom stereocenters. The number of likely N-dealkylation sites (tertiary alicyclic amines) is 1. The van der Waals surface area contributed by atoms with Gasteiger partial charge >= 0.3 is 0 Å². The number of amides is 1. The quantitative estimate of drug-likeness (QED) is 0.905. The summed E-state index contributed by atoms with van der Waals surface area (Å²) in [4.78, 5) is 15.1. The lowest BCUT2D eigenvalue weighted by Gasteiger charge is -2.39. The van der Waals surface area contributed by atoms with Crippen LogP contribution in [-0.2, 0) is 4.79 Å². The minimum absolute atomic E-state index is 0.0181. The molecule has 3 heteroatoms. The zero-order valence-corrected chi connectivity index (χ0v) is 14.3. The van der Waals surface area contributed by atoms with Crippen LogP contribution in [0.25, 0.3) is 0 Å². The van der Waals surface area contributed by atoms with Gasteiger partial charge in [0, 0.05) is 18.6 Å². The predicted octanol–water partition coefficient (Wildman–Crippen LogP) is 3.69. The molecule has 1 heterocycles. The summed E-state index contributed by atoms with van der Waals surface area (Å²) >= 11 is 0. The van der Waals surface area contributed by atoms with Crippen LogP contribution in [0.15, 0.2) is 30.3 Å². The van der Waals surface area contributed by atoms with Crippen molar-refractivity contribution in [2.75, 3.05) is 13.1 Å². The van der Waals surface area contributed by atoms with E-state index < -0.39 is 0 Å². The van der Waals surface area contributed by atoms with Crippen molar-refractivity contribution >= 4 is 5.91 Å². The van der Waals surface area contributed by atoms with Crippen LogP contribution in [0.4, 0.5) is 0 Å². The van der Waals surface area contributed by atoms with Crippen LogP contribution in [0.3, 0.4) is 0 Å². The number of benzene rings is 1. The van der Waals surface area contributed by atoms with Gasteiger partial charge in [-0.05, 0) is 50.5 Å². The molecule has 2 fully saturated rings. The lowest BCUT2D eigenvalue weighted by Crippen LogP contribution is -2.53. The molecule has 0 spiro atoms. The number of carbonyl (C=O) groups excluding carboxylic acids is 1. The molecule has 1 saturated carbocycles. The van der Waals surface area contributed by atoms with Crippen molar-refractivity contribution in [1.82, 2.24) is 4.90 Å². The normalized spacial score (nSPS) is 32.3. The first-order chi connectivity index (χ1) is 11.1. The highest BCUT2D eigenvalue weighted by Crippen LogP contribution is 2.34. The Morgan fingerprint density at radius 2 is 1.87 bits per heavy atom. The van der Waals surface area contributed by atoms with Crippen molar-refractivity contribution in [3.05, 3.63) is 35.9 Å². The van der Waals surface area contributed by atoms with Gasteiger partial charge in [-0.1, -0.05) is 43.2 Å². The van der Waals surface area contributed by atoms with E-state index in [1.807, 2.05) is 0 Å². The Kier molecular flexibility index (Phi) is 5.05. The Morgan fingerprint density at radius 1 is 1.09 bits per heavy atom. The van der Waals surface area contributed by atoms with Crippen LogP contribution in [0.1, 0.15) is 63.4 Å². The molecule has 126 valence electrons. The van der Waals surface area contributed by atoms with Crippen LogP contribution in [0.5, 0.6) is 0 Å². The van der Waals surface area contributed by atoms with Gasteiger partial charge in [0.05, 0.1) is 5.92 Å². The minimum Gasteiger partial charge on any atom is -0.342 e. The molecule has 3 nitrogen and oxygen atoms in total. The molecule has 2 N–H and O–H groups in total. The zero-order valence-electron chi connectivity index (χ0n) is 14.3. The third-order valence-electron chi connectivity index (χ3n) is 5.86. The maximum atomic E-state index is 13.0. The Bertz CT molecular complexity index is 526. The molecule has 0 bridgehead atoms. The van der Waals surface area contributed by atoms with Gasteiger partial charge in [0.1, 0.15) is 0 Å². The zero-order chi connectivity index (χ0) is 16.3. The largest absolute Gasteiger partial charge is 0.342 e. The number of carbonyl (C=O) groups is 1. The standard InChI is InChI=1S/C20H30N2O/c1-20(21)13-6-5-11-18(20)19(23)22-14-7-10-17(12-15-22)16-8-3-2-4-9-16/h2-4,8-9,17-18H,5-7,10-15,21H2,1H3. The van der Waals surface area contributed by atoms with Gasteiger partial charge in [0.15, 0.2) is 0 Å². The van der Waals surface area contributed by atoms with Crippen molar-refractivity contribution in [3.8, 4) is 0 Å². The molecule has 2 aliphatic rings. The van der Waals surface area contributed by atoms with Crippen molar-refractivity contribution in [2.24, 2.45) is 11.7 Å². The molecule has 1 aromatic rings. The van der Waals surface area contributed by atoms with E-state index in [0.717, 1.165) is 51.6 Å². The molecule has 1 aliphatic carbocycles. The summed E-state index contributed by atoms with van der Waals surface area (Å²) in [5.74, 6) is 0.914. The first-order valence-electron chi connectivity index (χ1n) is 9.20. The summed E-state index contributed by atoms with van der Waals surface area (Å²) in [5.41, 5.74) is 7.54. The molecular weight excluding hydrogens is 284 g/mol. The summed E-state index contributed by atoms with van der Waals surface area (Å²) in [5, 5.41) is 0. The SMILES string of the molecule is CC1(N)CCCCC1C(=O)N1CCCC(c2ccccc2)CC1. The highest BCUT2D eigenvalue weighted by Gasteiger charge is 2.40. The Morgan fingerprint density at radius 3 is 2.61 bits per heavy atom. The number of hydrogen-bond donors (Lipinski definition) is 1. The average Bonchev–Trinajstić information content (AvgIpc) is 2.81. The molecule has 1 aliphatic heterocycles. The number of nitrogens with zero attached hydrogens (tertiary/aromatic N) is 1. The number of rotatable bonds is 2. The highest BCUT2D eigenvalue weighted by atomic mass is 16.2. The Hall–Kier alpha value is -1.35. The second-order valence-electron chi connectivity index (χ2n) is 7.67. The Balaban J connectivity index is 1.64. The van der Waals surface area contributed by atoms with E-state index in [1.165, 1.54) is 12.0 Å². The second kappa shape index (κ2) is 7.04. The van der Waals surface area contributed by atoms with Gasteiger partial charge in [0.25, 0.3) is 0 Å². The van der Waals surface area contributed by atoms with Crippen LogP contribution in [-0.4, -0.2) is 29.4 Å². The average molecular weight is 314 g/mol. The molecule has 1 saturated heterocycles. The summed E-state index contributed by atoms with van der Waals surface area (Å²) in [6.45, 7) is 3.85. The Labute approximate surface area is 140 Å². The third kappa shape index (κ3) is 3.77. The van der Waals surface area contributed by atoms with Gasteiger partial charge in [-0.3, -0.25) is 4.79 Å². The molecular formula is C20H30N2O. The van der Waals surface area contributed by atoms with Gasteiger partial charge in [-0.2, -0.15) is 0 Å². The number of hydrogen-bond acceptors (Lipinski definition) is 2. The predicted molar refractivity (Wildman–Crippen MR) is 94.2 cm³/mol. The summed E-state index contributed by atoms with van der Waals surface area (Å²) in [6, 6.07) is 10.7. The molecule has 3 atom stereocenters. The van der Waals surface area contributed by atoms with E-state index in [2.05, 4.69) is 42.2 Å². The fourth-order valence-corrected chi connectivity index (χ4v) is 4.36. The second-order valence-corrected chi connectivity index (χ2v) is 7.67. The lowest BCUT2D eigenvalue weighted by atomic mass is 9.74. The third-order valence-corrected chi connectivity index (χ3v) is 5.86. The van der Waals surface area contributed by atoms with Crippen molar-refractivity contribution < 1.29 is 4.79 Å². The van der Waals surface area contributed by atoms with Crippen LogP contribution >= 0.6 is 0 Å². The van der Waals surface area contributed by atoms with Crippen LogP contribution in [0, 0.1) is 5.92 Å². The van der Waals surface area contributed by atoms with Crippen molar-refractivity contribution in [3.63, 3.8) is 0 Å². The van der Waals surface area contributed by atoms with E-state index in [4.69, 9.17) is 5.73 Å². The maximum Gasteiger partial charge on any atom is 0.227 e. The van der Waals surface area contributed by atoms with E-state index in [0.29, 0.717) is 11.8 Å². The van der Waals surface area contributed by atoms with Crippen LogP contribution in [0.2, 0.25) is 0 Å². The molecule has 0 radical (unpaired) electrons. The highest BCUT2D eigenvalue weighted by molar-refractivity contribution is 5.80.